The zero-order valence-electron chi connectivity index (χ0n) is 12.7. The average Bonchev–Trinajstić information content (AvgIpc) is 2.38. The number of rotatable bonds is 9. The van der Waals surface area contributed by atoms with Gasteiger partial charge in [0.1, 0.15) is 12.1 Å². The molecule has 1 aromatic rings. The van der Waals surface area contributed by atoms with Crippen LogP contribution in [0.1, 0.15) is 53.4 Å². The third kappa shape index (κ3) is 6.41. The summed E-state index contributed by atoms with van der Waals surface area (Å²) in [4.78, 5) is 8.28. The van der Waals surface area contributed by atoms with E-state index in [1.165, 1.54) is 32.0 Å². The first kappa shape index (κ1) is 15.7. The van der Waals surface area contributed by atoms with Crippen LogP contribution in [0.3, 0.4) is 0 Å². The summed E-state index contributed by atoms with van der Waals surface area (Å²) < 4.78 is 5.37. The molecule has 0 unspecified atom stereocenters. The molecular formula is C15H27N3O. The minimum absolute atomic E-state index is 0.284. The van der Waals surface area contributed by atoms with Crippen molar-refractivity contribution in [3.63, 3.8) is 0 Å². The van der Waals surface area contributed by atoms with Crippen LogP contribution in [-0.4, -0.2) is 23.1 Å². The van der Waals surface area contributed by atoms with Gasteiger partial charge in [-0.3, -0.25) is 0 Å². The molecule has 1 N–H and O–H groups in total. The first-order chi connectivity index (χ1) is 9.07. The van der Waals surface area contributed by atoms with Crippen molar-refractivity contribution in [2.45, 2.75) is 53.4 Å². The highest BCUT2D eigenvalue weighted by molar-refractivity contribution is 5.37. The second-order valence-electron chi connectivity index (χ2n) is 5.65. The molecule has 0 aliphatic rings. The maximum atomic E-state index is 5.37. The Hall–Kier alpha value is -1.32. The molecule has 108 valence electrons. The maximum absolute atomic E-state index is 5.37. The van der Waals surface area contributed by atoms with Gasteiger partial charge < -0.3 is 10.1 Å². The van der Waals surface area contributed by atoms with Crippen LogP contribution in [0.5, 0.6) is 5.88 Å². The predicted molar refractivity (Wildman–Crippen MR) is 79.6 cm³/mol. The van der Waals surface area contributed by atoms with E-state index >= 15 is 0 Å². The fourth-order valence-electron chi connectivity index (χ4n) is 1.93. The predicted octanol–water partition coefficient (Wildman–Crippen LogP) is 3.89. The minimum Gasteiger partial charge on any atom is -0.478 e. The highest BCUT2D eigenvalue weighted by atomic mass is 16.5. The zero-order chi connectivity index (χ0) is 14.1. The molecule has 0 atom stereocenters. The van der Waals surface area contributed by atoms with Crippen LogP contribution in [0.15, 0.2) is 12.4 Å². The molecule has 4 heteroatoms. The van der Waals surface area contributed by atoms with Gasteiger partial charge in [-0.25, -0.2) is 9.97 Å². The van der Waals surface area contributed by atoms with Gasteiger partial charge in [0.25, 0.3) is 0 Å². The average molecular weight is 265 g/mol. The summed E-state index contributed by atoms with van der Waals surface area (Å²) in [5.74, 6) is 1.46. The van der Waals surface area contributed by atoms with Crippen LogP contribution in [0.4, 0.5) is 5.82 Å². The smallest absolute Gasteiger partial charge is 0.218 e. The van der Waals surface area contributed by atoms with Crippen molar-refractivity contribution in [3.8, 4) is 5.88 Å². The minimum atomic E-state index is 0.284. The number of hydrogen-bond donors (Lipinski definition) is 1. The summed E-state index contributed by atoms with van der Waals surface area (Å²) in [6.07, 6.45) is 6.65. The fourth-order valence-corrected chi connectivity index (χ4v) is 1.93. The molecule has 0 bridgehead atoms. The Balaban J connectivity index is 2.44. The Bertz CT molecular complexity index is 366. The summed E-state index contributed by atoms with van der Waals surface area (Å²) in [5, 5.41) is 3.38. The summed E-state index contributed by atoms with van der Waals surface area (Å²) in [7, 11) is 0. The van der Waals surface area contributed by atoms with Gasteiger partial charge in [-0.2, -0.15) is 0 Å². The van der Waals surface area contributed by atoms with Gasteiger partial charge in [0, 0.05) is 12.6 Å². The van der Waals surface area contributed by atoms with E-state index in [2.05, 4.69) is 36.1 Å². The topological polar surface area (TPSA) is 47.0 Å². The van der Waals surface area contributed by atoms with Crippen molar-refractivity contribution in [2.75, 3.05) is 18.5 Å². The molecule has 0 amide bonds. The normalized spacial score (nSPS) is 11.4. The standard InChI is InChI=1S/C15H27N3O/c1-5-7-8-9-15(3,4)11-16-13-10-14(19-6-2)18-12-17-13/h10,12H,5-9,11H2,1-4H3,(H,16,17,18). The monoisotopic (exact) mass is 265 g/mol. The number of anilines is 1. The van der Waals surface area contributed by atoms with Crippen LogP contribution in [-0.2, 0) is 0 Å². The van der Waals surface area contributed by atoms with Crippen LogP contribution in [0.25, 0.3) is 0 Å². The number of unbranched alkanes of at least 4 members (excludes halogenated alkanes) is 2. The summed E-state index contributed by atoms with van der Waals surface area (Å²) >= 11 is 0. The summed E-state index contributed by atoms with van der Waals surface area (Å²) in [5.41, 5.74) is 0.284. The summed E-state index contributed by atoms with van der Waals surface area (Å²) in [6, 6.07) is 1.85. The molecule has 0 fully saturated rings. The van der Waals surface area contributed by atoms with Crippen molar-refractivity contribution < 1.29 is 4.74 Å². The van der Waals surface area contributed by atoms with E-state index in [0.717, 1.165) is 12.4 Å². The Morgan fingerprint density at radius 3 is 2.68 bits per heavy atom. The number of nitrogens with one attached hydrogen (secondary N) is 1. The van der Waals surface area contributed by atoms with Gasteiger partial charge in [0.15, 0.2) is 0 Å². The summed E-state index contributed by atoms with van der Waals surface area (Å²) in [6.45, 7) is 10.3. The van der Waals surface area contributed by atoms with E-state index in [1.807, 2.05) is 13.0 Å². The van der Waals surface area contributed by atoms with Crippen LogP contribution >= 0.6 is 0 Å². The van der Waals surface area contributed by atoms with Crippen molar-refractivity contribution in [1.82, 2.24) is 9.97 Å². The Labute approximate surface area is 117 Å². The third-order valence-corrected chi connectivity index (χ3v) is 3.14. The van der Waals surface area contributed by atoms with Gasteiger partial charge in [-0.15, -0.1) is 0 Å². The molecule has 1 rings (SSSR count). The molecule has 0 saturated carbocycles. The van der Waals surface area contributed by atoms with Crippen LogP contribution < -0.4 is 10.1 Å². The van der Waals surface area contributed by atoms with Gasteiger partial charge in [-0.05, 0) is 18.8 Å². The van der Waals surface area contributed by atoms with E-state index in [1.54, 1.807) is 0 Å². The van der Waals surface area contributed by atoms with E-state index in [0.29, 0.717) is 12.5 Å². The molecule has 0 spiro atoms. The van der Waals surface area contributed by atoms with Crippen molar-refractivity contribution in [3.05, 3.63) is 12.4 Å². The molecular weight excluding hydrogens is 238 g/mol. The lowest BCUT2D eigenvalue weighted by molar-refractivity contribution is 0.325. The molecule has 0 aliphatic heterocycles. The van der Waals surface area contributed by atoms with Crippen molar-refractivity contribution in [2.24, 2.45) is 5.41 Å². The molecule has 0 aliphatic carbocycles. The lowest BCUT2D eigenvalue weighted by Gasteiger charge is -2.25. The van der Waals surface area contributed by atoms with E-state index < -0.39 is 0 Å². The fraction of sp³-hybridized carbons (Fsp3) is 0.733. The first-order valence-corrected chi connectivity index (χ1v) is 7.26. The Morgan fingerprint density at radius 1 is 1.21 bits per heavy atom. The molecule has 19 heavy (non-hydrogen) atoms. The number of aromatic nitrogens is 2. The van der Waals surface area contributed by atoms with E-state index in [-0.39, 0.29) is 5.41 Å². The molecule has 0 saturated heterocycles. The third-order valence-electron chi connectivity index (χ3n) is 3.14. The molecule has 0 aromatic carbocycles. The molecule has 0 radical (unpaired) electrons. The second-order valence-corrected chi connectivity index (χ2v) is 5.65. The SMILES string of the molecule is CCCCCC(C)(C)CNc1cc(OCC)ncn1. The van der Waals surface area contributed by atoms with Crippen LogP contribution in [0, 0.1) is 5.41 Å². The Morgan fingerprint density at radius 2 is 2.00 bits per heavy atom. The van der Waals surface area contributed by atoms with Crippen molar-refractivity contribution >= 4 is 5.82 Å². The lowest BCUT2D eigenvalue weighted by atomic mass is 9.87. The zero-order valence-corrected chi connectivity index (χ0v) is 12.7. The van der Waals surface area contributed by atoms with Gasteiger partial charge >= 0.3 is 0 Å². The lowest BCUT2D eigenvalue weighted by Crippen LogP contribution is -2.23. The Kier molecular flexibility index (Phi) is 6.60. The van der Waals surface area contributed by atoms with Crippen molar-refractivity contribution in [1.29, 1.82) is 0 Å². The number of ether oxygens (including phenoxy) is 1. The first-order valence-electron chi connectivity index (χ1n) is 7.26. The highest BCUT2D eigenvalue weighted by Gasteiger charge is 2.17. The number of nitrogens with zero attached hydrogens (tertiary/aromatic N) is 2. The van der Waals surface area contributed by atoms with Gasteiger partial charge in [0.2, 0.25) is 5.88 Å². The largest absolute Gasteiger partial charge is 0.478 e. The maximum Gasteiger partial charge on any atom is 0.218 e. The number of hydrogen-bond acceptors (Lipinski definition) is 4. The quantitative estimate of drug-likeness (QED) is 0.688. The highest BCUT2D eigenvalue weighted by Crippen LogP contribution is 2.24. The van der Waals surface area contributed by atoms with Crippen LogP contribution in [0.2, 0.25) is 0 Å². The van der Waals surface area contributed by atoms with Gasteiger partial charge in [-0.1, -0.05) is 40.0 Å². The van der Waals surface area contributed by atoms with E-state index in [9.17, 15) is 0 Å². The molecule has 4 nitrogen and oxygen atoms in total. The molecule has 1 aromatic heterocycles. The van der Waals surface area contributed by atoms with E-state index in [4.69, 9.17) is 4.74 Å². The molecule has 1 heterocycles. The van der Waals surface area contributed by atoms with Gasteiger partial charge in [0.05, 0.1) is 6.61 Å². The second kappa shape index (κ2) is 7.97.